The van der Waals surface area contributed by atoms with E-state index in [1.807, 2.05) is 30.3 Å². The Labute approximate surface area is 470 Å². The van der Waals surface area contributed by atoms with Gasteiger partial charge < -0.3 is 0 Å². The SMILES string of the molecule is Cc1ccccc1.c1ccc(S(c2ccccc2)(c2ccccc2)c2ccc3c(-c4ccc(-c5ccc6ccccc6c5)cc4)c4ccccc4c(-c4ccc5ccccc5c4)c3c2)cc1.c1ccc(Sc2ccccc2)cc1. The molecule has 0 atom stereocenters. The molecule has 14 rings (SSSR count). The largest absolute Gasteiger partial charge is 0.133 e. The average molecular weight is 1050 g/mol. The van der Waals surface area contributed by atoms with Crippen LogP contribution in [0.25, 0.3) is 76.5 Å². The van der Waals surface area contributed by atoms with Gasteiger partial charge in [0.25, 0.3) is 0 Å². The van der Waals surface area contributed by atoms with Crippen LogP contribution in [0.1, 0.15) is 5.56 Å². The van der Waals surface area contributed by atoms with Crippen LogP contribution >= 0.6 is 21.8 Å². The van der Waals surface area contributed by atoms with Gasteiger partial charge >= 0.3 is 0 Å². The molecule has 0 N–H and O–H groups in total. The van der Waals surface area contributed by atoms with Gasteiger partial charge in [-0.05, 0) is 168 Å². The molecule has 0 nitrogen and oxygen atoms in total. The lowest BCUT2D eigenvalue weighted by Crippen LogP contribution is -2.05. The van der Waals surface area contributed by atoms with Crippen molar-refractivity contribution >= 4 is 64.9 Å². The molecule has 0 aliphatic rings. The van der Waals surface area contributed by atoms with Gasteiger partial charge in [0.05, 0.1) is 0 Å². The molecule has 79 heavy (non-hydrogen) atoms. The molecule has 0 fully saturated rings. The fraction of sp³-hybridized carbons (Fsp3) is 0.0130. The maximum absolute atomic E-state index is 2.54. The molecule has 0 aliphatic carbocycles. The first-order valence-corrected chi connectivity index (χ1v) is 29.4. The Balaban J connectivity index is 0.000000260. The van der Waals surface area contributed by atoms with Crippen LogP contribution in [0.15, 0.2) is 363 Å². The Hall–Kier alpha value is -9.18. The van der Waals surface area contributed by atoms with Gasteiger partial charge in [0.1, 0.15) is 0 Å². The normalized spacial score (nSPS) is 11.4. The van der Waals surface area contributed by atoms with E-state index in [1.165, 1.54) is 111 Å². The number of hydrogen-bond donors (Lipinski definition) is 0. The third-order valence-electron chi connectivity index (χ3n) is 14.6. The van der Waals surface area contributed by atoms with Crippen molar-refractivity contribution in [3.8, 4) is 33.4 Å². The second-order valence-electron chi connectivity index (χ2n) is 19.6. The van der Waals surface area contributed by atoms with Gasteiger partial charge in [-0.3, -0.25) is 0 Å². The van der Waals surface area contributed by atoms with Gasteiger partial charge in [-0.1, -0.05) is 266 Å². The maximum Gasteiger partial charge on any atom is 0.0122 e. The summed E-state index contributed by atoms with van der Waals surface area (Å²) in [6.07, 6.45) is 0. The van der Waals surface area contributed by atoms with E-state index in [0.29, 0.717) is 0 Å². The summed E-state index contributed by atoms with van der Waals surface area (Å²) >= 11 is 1.79. The smallest absolute Gasteiger partial charge is 0.0122 e. The lowest BCUT2D eigenvalue weighted by atomic mass is 9.85. The second kappa shape index (κ2) is 23.6. The highest BCUT2D eigenvalue weighted by atomic mass is 32.3. The molecule has 0 radical (unpaired) electrons. The summed E-state index contributed by atoms with van der Waals surface area (Å²) in [6, 6.07) is 121. The molecule has 0 saturated carbocycles. The summed E-state index contributed by atoms with van der Waals surface area (Å²) in [5.74, 6) is 0. The monoisotopic (exact) mass is 1050 g/mol. The number of aryl methyl sites for hydroxylation is 1. The summed E-state index contributed by atoms with van der Waals surface area (Å²) in [4.78, 5) is 7.82. The average Bonchev–Trinajstić information content (AvgIpc) is 3.70. The van der Waals surface area contributed by atoms with Crippen molar-refractivity contribution in [2.24, 2.45) is 0 Å². The number of benzene rings is 14. The van der Waals surface area contributed by atoms with Crippen LogP contribution in [0.5, 0.6) is 0 Å². The summed E-state index contributed by atoms with van der Waals surface area (Å²) in [5, 5.41) is 10.0. The third kappa shape index (κ3) is 10.8. The van der Waals surface area contributed by atoms with Crippen LogP contribution in [-0.4, -0.2) is 0 Å². The fourth-order valence-corrected chi connectivity index (χ4v) is 15.6. The molecule has 0 heterocycles. The maximum atomic E-state index is 2.54. The molecular formula is C77H58S2. The molecule has 0 bridgehead atoms. The van der Waals surface area contributed by atoms with Crippen LogP contribution in [-0.2, 0) is 0 Å². The lowest BCUT2D eigenvalue weighted by molar-refractivity contribution is 1.25. The molecule has 14 aromatic carbocycles. The molecule has 2 heteroatoms. The van der Waals surface area contributed by atoms with E-state index < -0.39 is 10.0 Å². The van der Waals surface area contributed by atoms with E-state index in [9.17, 15) is 0 Å². The molecule has 0 amide bonds. The van der Waals surface area contributed by atoms with Crippen LogP contribution in [0, 0.1) is 6.92 Å². The van der Waals surface area contributed by atoms with Crippen LogP contribution in [0.2, 0.25) is 0 Å². The minimum atomic E-state index is -1.92. The van der Waals surface area contributed by atoms with E-state index in [1.54, 1.807) is 11.8 Å². The summed E-state index contributed by atoms with van der Waals surface area (Å²) in [7, 11) is -1.92. The highest BCUT2D eigenvalue weighted by molar-refractivity contribution is 8.34. The van der Waals surface area contributed by atoms with Crippen LogP contribution < -0.4 is 0 Å². The first-order valence-electron chi connectivity index (χ1n) is 27.0. The van der Waals surface area contributed by atoms with Gasteiger partial charge in [-0.2, -0.15) is 0 Å². The number of fused-ring (bicyclic) bond motifs is 4. The molecule has 0 aliphatic heterocycles. The first-order chi connectivity index (χ1) is 39.1. The number of hydrogen-bond acceptors (Lipinski definition) is 1. The van der Waals surface area contributed by atoms with Crippen molar-refractivity contribution in [3.63, 3.8) is 0 Å². The van der Waals surface area contributed by atoms with E-state index in [2.05, 4.69) is 310 Å². The Bertz CT molecular complexity index is 4160. The van der Waals surface area contributed by atoms with Crippen molar-refractivity contribution in [1.82, 2.24) is 0 Å². The van der Waals surface area contributed by atoms with Crippen LogP contribution in [0.4, 0.5) is 0 Å². The van der Waals surface area contributed by atoms with Crippen molar-refractivity contribution in [3.05, 3.63) is 339 Å². The van der Waals surface area contributed by atoms with Crippen molar-refractivity contribution in [1.29, 1.82) is 0 Å². The minimum absolute atomic E-state index is 1.21. The fourth-order valence-electron chi connectivity index (χ4n) is 10.9. The number of rotatable bonds is 9. The van der Waals surface area contributed by atoms with Gasteiger partial charge in [0, 0.05) is 29.4 Å². The first kappa shape index (κ1) is 50.6. The minimum Gasteiger partial charge on any atom is -0.133 e. The zero-order valence-corrected chi connectivity index (χ0v) is 45.7. The Morgan fingerprint density at radius 1 is 0.228 bits per heavy atom. The van der Waals surface area contributed by atoms with Gasteiger partial charge in [0.2, 0.25) is 0 Å². The molecule has 0 aromatic heterocycles. The molecule has 14 aromatic rings. The van der Waals surface area contributed by atoms with E-state index in [0.717, 1.165) is 0 Å². The summed E-state index contributed by atoms with van der Waals surface area (Å²) in [5.41, 5.74) is 8.72. The lowest BCUT2D eigenvalue weighted by Gasteiger charge is -2.42. The van der Waals surface area contributed by atoms with Gasteiger partial charge in [-0.15, -0.1) is 10.0 Å². The van der Waals surface area contributed by atoms with E-state index in [-0.39, 0.29) is 0 Å². The zero-order valence-electron chi connectivity index (χ0n) is 44.1. The topological polar surface area (TPSA) is 0 Å². The van der Waals surface area contributed by atoms with Crippen molar-refractivity contribution in [2.75, 3.05) is 0 Å². The highest BCUT2D eigenvalue weighted by Crippen LogP contribution is 2.73. The summed E-state index contributed by atoms with van der Waals surface area (Å²) < 4.78 is 0. The molecule has 0 spiro atoms. The van der Waals surface area contributed by atoms with E-state index in [4.69, 9.17) is 0 Å². The van der Waals surface area contributed by atoms with Crippen molar-refractivity contribution < 1.29 is 0 Å². The standard InChI is InChI=1S/C58H40S.C12H10S.C7H8/c1-4-20-49(21-5-1)59(50-22-6-2-7-23-50,51-24-8-3-9-25-51)52-36-37-55-56(40-52)58(48-35-31-42-17-11-13-19-46(42)39-48)54-27-15-14-26-53(54)57(55)44-32-28-43(29-33-44)47-34-30-41-16-10-12-18-45(41)38-47;1-3-7-11(8-4-1)13-12-9-5-2-6-10-12;1-7-5-3-2-4-6-7/h1-40H;1-10H;2-6H,1H3. The predicted molar refractivity (Wildman–Crippen MR) is 341 cm³/mol. The van der Waals surface area contributed by atoms with Crippen LogP contribution in [0.3, 0.4) is 0 Å². The Kier molecular flexibility index (Phi) is 15.1. The van der Waals surface area contributed by atoms with Crippen molar-refractivity contribution in [2.45, 2.75) is 36.3 Å². The summed E-state index contributed by atoms with van der Waals surface area (Å²) in [6.45, 7) is 2.08. The zero-order chi connectivity index (χ0) is 53.2. The van der Waals surface area contributed by atoms with Gasteiger partial charge in [0.15, 0.2) is 0 Å². The Morgan fingerprint density at radius 3 is 1.05 bits per heavy atom. The quantitative estimate of drug-likeness (QED) is 0.130. The highest BCUT2D eigenvalue weighted by Gasteiger charge is 2.34. The molecular weight excluding hydrogens is 989 g/mol. The van der Waals surface area contributed by atoms with Gasteiger partial charge in [-0.25, -0.2) is 0 Å². The van der Waals surface area contributed by atoms with E-state index >= 15 is 0 Å². The molecule has 378 valence electrons. The second-order valence-corrected chi connectivity index (χ2v) is 23.9. The molecule has 0 unspecified atom stereocenters. The predicted octanol–water partition coefficient (Wildman–Crippen LogP) is 22.5. The molecule has 0 saturated heterocycles. The Morgan fingerprint density at radius 2 is 0.582 bits per heavy atom. The third-order valence-corrected chi connectivity index (χ3v) is 19.5.